The molecule has 0 amide bonds. The van der Waals surface area contributed by atoms with E-state index in [0.717, 1.165) is 14.0 Å². The number of hydrogen-bond donors (Lipinski definition) is 1. The smallest absolute Gasteiger partial charge is 0.124 e. The molecule has 4 heteroatoms. The molecule has 0 saturated heterocycles. The van der Waals surface area contributed by atoms with Crippen LogP contribution in [0.15, 0.2) is 35.7 Å². The van der Waals surface area contributed by atoms with Gasteiger partial charge in [-0.05, 0) is 51.7 Å². The van der Waals surface area contributed by atoms with E-state index < -0.39 is 6.10 Å². The average molecular weight is 334 g/mol. The van der Waals surface area contributed by atoms with Gasteiger partial charge >= 0.3 is 0 Å². The molecular weight excluding hydrogens is 326 g/mol. The van der Waals surface area contributed by atoms with Gasteiger partial charge in [-0.2, -0.15) is 0 Å². The number of hydrogen-bond acceptors (Lipinski definition) is 2. The largest absolute Gasteiger partial charge is 0.383 e. The molecule has 1 nitrogen and oxygen atoms in total. The lowest BCUT2D eigenvalue weighted by molar-refractivity contribution is 0.223. The van der Waals surface area contributed by atoms with Crippen LogP contribution in [0, 0.1) is 9.39 Å². The maximum Gasteiger partial charge on any atom is 0.124 e. The van der Waals surface area contributed by atoms with Crippen molar-refractivity contribution in [3.8, 4) is 0 Å². The van der Waals surface area contributed by atoms with Crippen molar-refractivity contribution >= 4 is 33.9 Å². The highest BCUT2D eigenvalue weighted by molar-refractivity contribution is 14.1. The molecule has 0 spiro atoms. The zero-order valence-corrected chi connectivity index (χ0v) is 10.6. The monoisotopic (exact) mass is 334 g/mol. The molecule has 1 unspecified atom stereocenters. The average Bonchev–Trinajstić information content (AvgIpc) is 2.69. The maximum absolute atomic E-state index is 12.9. The number of aliphatic hydroxyl groups excluding tert-OH is 1. The Balaban J connectivity index is 2.38. The first-order valence-electron chi connectivity index (χ1n) is 4.35. The van der Waals surface area contributed by atoms with E-state index in [0.29, 0.717) is 0 Å². The summed E-state index contributed by atoms with van der Waals surface area (Å²) in [6.45, 7) is 0. The lowest BCUT2D eigenvalue weighted by atomic mass is 10.1. The highest BCUT2D eigenvalue weighted by Gasteiger charge is 2.14. The first kappa shape index (κ1) is 11.0. The zero-order chi connectivity index (χ0) is 10.8. The molecule has 15 heavy (non-hydrogen) atoms. The van der Waals surface area contributed by atoms with Crippen LogP contribution in [0.2, 0.25) is 0 Å². The molecular formula is C11H8FIOS. The highest BCUT2D eigenvalue weighted by atomic mass is 127. The molecule has 0 radical (unpaired) electrons. The van der Waals surface area contributed by atoms with E-state index in [1.54, 1.807) is 6.07 Å². The standard InChI is InChI=1S/C11H8FIOS/c12-7-3-4-8(9(13)6-7)11(14)10-2-1-5-15-10/h1-6,11,14H. The van der Waals surface area contributed by atoms with Crippen molar-refractivity contribution in [2.75, 3.05) is 0 Å². The Morgan fingerprint density at radius 1 is 1.33 bits per heavy atom. The molecule has 0 aliphatic rings. The molecule has 2 aromatic rings. The van der Waals surface area contributed by atoms with Gasteiger partial charge in [0.05, 0.1) is 0 Å². The first-order valence-corrected chi connectivity index (χ1v) is 6.31. The second kappa shape index (κ2) is 4.59. The van der Waals surface area contributed by atoms with Crippen LogP contribution in [0.5, 0.6) is 0 Å². The van der Waals surface area contributed by atoms with Gasteiger partial charge in [0.25, 0.3) is 0 Å². The van der Waals surface area contributed by atoms with Crippen LogP contribution in [-0.2, 0) is 0 Å². The molecule has 0 fully saturated rings. The summed E-state index contributed by atoms with van der Waals surface area (Å²) in [6, 6.07) is 8.18. The van der Waals surface area contributed by atoms with Crippen molar-refractivity contribution in [2.45, 2.75) is 6.10 Å². The Kier molecular flexibility index (Phi) is 3.38. The van der Waals surface area contributed by atoms with Crippen molar-refractivity contribution in [3.05, 3.63) is 55.5 Å². The Morgan fingerprint density at radius 2 is 2.13 bits per heavy atom. The molecule has 1 aromatic carbocycles. The normalized spacial score (nSPS) is 12.7. The topological polar surface area (TPSA) is 20.2 Å². The number of rotatable bonds is 2. The summed E-state index contributed by atoms with van der Waals surface area (Å²) < 4.78 is 13.6. The van der Waals surface area contributed by atoms with Gasteiger partial charge in [-0.25, -0.2) is 4.39 Å². The van der Waals surface area contributed by atoms with Crippen LogP contribution >= 0.6 is 33.9 Å². The maximum atomic E-state index is 12.9. The van der Waals surface area contributed by atoms with E-state index in [1.807, 2.05) is 40.1 Å². The van der Waals surface area contributed by atoms with E-state index in [2.05, 4.69) is 0 Å². The Morgan fingerprint density at radius 3 is 2.73 bits per heavy atom. The van der Waals surface area contributed by atoms with Gasteiger partial charge in [0.1, 0.15) is 11.9 Å². The molecule has 2 rings (SSSR count). The minimum absolute atomic E-state index is 0.276. The quantitative estimate of drug-likeness (QED) is 0.833. The molecule has 1 atom stereocenters. The van der Waals surface area contributed by atoms with Crippen molar-refractivity contribution in [1.29, 1.82) is 0 Å². The van der Waals surface area contributed by atoms with Gasteiger partial charge in [0.2, 0.25) is 0 Å². The summed E-state index contributed by atoms with van der Waals surface area (Å²) in [7, 11) is 0. The van der Waals surface area contributed by atoms with Crippen molar-refractivity contribution in [3.63, 3.8) is 0 Å². The van der Waals surface area contributed by atoms with Gasteiger partial charge in [-0.15, -0.1) is 11.3 Å². The summed E-state index contributed by atoms with van der Waals surface area (Å²) in [5.41, 5.74) is 0.749. The first-order chi connectivity index (χ1) is 7.18. The number of aliphatic hydroxyl groups is 1. The number of halogens is 2. The molecule has 0 saturated carbocycles. The second-order valence-electron chi connectivity index (χ2n) is 3.08. The van der Waals surface area contributed by atoms with E-state index in [9.17, 15) is 9.50 Å². The van der Waals surface area contributed by atoms with Crippen LogP contribution in [-0.4, -0.2) is 5.11 Å². The van der Waals surface area contributed by atoms with Crippen LogP contribution < -0.4 is 0 Å². The van der Waals surface area contributed by atoms with E-state index in [4.69, 9.17) is 0 Å². The van der Waals surface area contributed by atoms with E-state index >= 15 is 0 Å². The third kappa shape index (κ3) is 2.38. The van der Waals surface area contributed by atoms with Crippen molar-refractivity contribution in [1.82, 2.24) is 0 Å². The zero-order valence-electron chi connectivity index (χ0n) is 7.65. The summed E-state index contributed by atoms with van der Waals surface area (Å²) in [5, 5.41) is 11.9. The van der Waals surface area contributed by atoms with Gasteiger partial charge < -0.3 is 5.11 Å². The third-order valence-electron chi connectivity index (χ3n) is 2.07. The molecule has 0 aliphatic heterocycles. The highest BCUT2D eigenvalue weighted by Crippen LogP contribution is 2.29. The van der Waals surface area contributed by atoms with E-state index in [-0.39, 0.29) is 5.82 Å². The number of benzene rings is 1. The fourth-order valence-electron chi connectivity index (χ4n) is 1.32. The van der Waals surface area contributed by atoms with Gasteiger partial charge in [-0.3, -0.25) is 0 Å². The molecule has 1 N–H and O–H groups in total. The predicted molar refractivity (Wildman–Crippen MR) is 67.5 cm³/mol. The van der Waals surface area contributed by atoms with E-state index in [1.165, 1.54) is 23.5 Å². The van der Waals surface area contributed by atoms with Gasteiger partial charge in [0.15, 0.2) is 0 Å². The summed E-state index contributed by atoms with van der Waals surface area (Å²) >= 11 is 3.52. The predicted octanol–water partition coefficient (Wildman–Crippen LogP) is 3.57. The lowest BCUT2D eigenvalue weighted by Crippen LogP contribution is -2.00. The minimum atomic E-state index is -0.655. The summed E-state index contributed by atoms with van der Waals surface area (Å²) in [4.78, 5) is 0.875. The lowest BCUT2D eigenvalue weighted by Gasteiger charge is -2.10. The second-order valence-corrected chi connectivity index (χ2v) is 5.23. The Bertz CT molecular complexity index is 456. The van der Waals surface area contributed by atoms with Crippen LogP contribution in [0.4, 0.5) is 4.39 Å². The van der Waals surface area contributed by atoms with Crippen LogP contribution in [0.25, 0.3) is 0 Å². The minimum Gasteiger partial charge on any atom is -0.383 e. The van der Waals surface area contributed by atoms with Crippen LogP contribution in [0.1, 0.15) is 16.5 Å². The Hall–Kier alpha value is -0.460. The summed E-state index contributed by atoms with van der Waals surface area (Å²) in [5.74, 6) is -0.276. The SMILES string of the molecule is OC(c1cccs1)c1ccc(F)cc1I. The van der Waals surface area contributed by atoms with Gasteiger partial charge in [0, 0.05) is 8.45 Å². The molecule has 0 bridgehead atoms. The number of thiophene rings is 1. The van der Waals surface area contributed by atoms with Crippen LogP contribution in [0.3, 0.4) is 0 Å². The fraction of sp³-hybridized carbons (Fsp3) is 0.0909. The van der Waals surface area contributed by atoms with Crippen molar-refractivity contribution < 1.29 is 9.50 Å². The summed E-state index contributed by atoms with van der Waals surface area (Å²) in [6.07, 6.45) is -0.655. The molecule has 0 aliphatic carbocycles. The fourth-order valence-corrected chi connectivity index (χ4v) is 2.82. The third-order valence-corrected chi connectivity index (χ3v) is 3.93. The molecule has 78 valence electrons. The van der Waals surface area contributed by atoms with Crippen molar-refractivity contribution in [2.24, 2.45) is 0 Å². The van der Waals surface area contributed by atoms with Gasteiger partial charge in [-0.1, -0.05) is 12.1 Å². The molecule has 1 heterocycles. The Labute approximate surface area is 105 Å². The molecule has 1 aromatic heterocycles.